The average Bonchev–Trinajstić information content (AvgIpc) is 1.60. The Bertz CT molecular complexity index is 3270. The molecule has 0 aromatic heterocycles. The first-order chi connectivity index (χ1) is 44.8. The molecule has 3 unspecified atom stereocenters. The second-order valence-electron chi connectivity index (χ2n) is 24.6. The number of nitriles is 2. The molecular weight excluding hydrogens is 1280 g/mol. The van der Waals surface area contributed by atoms with Crippen LogP contribution in [-0.2, 0) is 70.5 Å². The van der Waals surface area contributed by atoms with Gasteiger partial charge in [0.25, 0.3) is 0 Å². The van der Waals surface area contributed by atoms with E-state index in [9.17, 15) is 39.1 Å². The van der Waals surface area contributed by atoms with Gasteiger partial charge in [0.2, 0.25) is 11.9 Å². The summed E-state index contributed by atoms with van der Waals surface area (Å²) in [5.41, 5.74) is -3.63. The molecule has 0 spiro atoms. The number of rotatable bonds is 18. The van der Waals surface area contributed by atoms with Crippen molar-refractivity contribution in [2.75, 3.05) is 26.0 Å². The molecule has 96 heavy (non-hydrogen) atoms. The van der Waals surface area contributed by atoms with Gasteiger partial charge in [-0.15, -0.1) is 0 Å². The van der Waals surface area contributed by atoms with Crippen molar-refractivity contribution in [1.82, 2.24) is 0 Å². The van der Waals surface area contributed by atoms with E-state index in [0.717, 1.165) is 12.8 Å². The summed E-state index contributed by atoms with van der Waals surface area (Å²) in [6.45, 7) is 23.7. The Kier molecular flexibility index (Phi) is 29.9. The smallest absolute Gasteiger partial charge is 1.00 e. The van der Waals surface area contributed by atoms with E-state index in [-0.39, 0.29) is 84.4 Å². The molecule has 4 aromatic rings. The molecule has 4 aromatic carbocycles. The molecule has 0 amide bonds. The van der Waals surface area contributed by atoms with Gasteiger partial charge in [0.1, 0.15) is 60.1 Å². The standard InChI is InChI=1S/C34H28O9.C12H19NO3.C10H18O4.C7H14O4.C6H12NO3P.Na.H/c1-34(43-32(38)26-20-12-5-13-21-26)28(41-30(36)24-16-8-3-9-17-24)27(22-39-29(35)23-14-6-2-7-15-23)40-33(34)42-31(37)25-18-10-4-11-19-25;1-5-8-10-12(4,9(14-8)6-7-13)16-11(2,3)15-10;1-5-6-7-10(4,8(11)12-6)14-9(2,3)13-7;1-3-4-5(8)7(2,10)6(9)11-4;1-3-9-11(8,6-5-7)10-4-2;;/h2-21,27-28,33H,22H2,1H3;8-10H,5-6H2,1-4H3;6-8,11H,5H2,1-4H3;4-6,8-10H,3H2,1-2H3;3-4,6H2,1-2H3;;/q;;;;;+1;-1/t27-,28-,33-,34-;8-,9?,10-,12+;6-,7-,8?,10-;4-,5-,6?,7-;;;/m1111.../s1. The predicted molar refractivity (Wildman–Crippen MR) is 341 cm³/mol. The zero-order valence-electron chi connectivity index (χ0n) is 58.0. The van der Waals surface area contributed by atoms with E-state index < -0.39 is 115 Å². The molecule has 6 aliphatic heterocycles. The molecule has 6 fully saturated rings. The van der Waals surface area contributed by atoms with Gasteiger partial charge >= 0.3 is 61.0 Å². The number of hydrogen-bond donors (Lipinski definition) is 4. The van der Waals surface area contributed by atoms with Crippen molar-refractivity contribution < 1.29 is 141 Å². The molecule has 16 atom stereocenters. The van der Waals surface area contributed by atoms with Gasteiger partial charge < -0.3 is 87.7 Å². The summed E-state index contributed by atoms with van der Waals surface area (Å²) < 4.78 is 89.6. The number of fused-ring (bicyclic) bond motifs is 2. The number of nitrogens with zero attached hydrogens (tertiary/aromatic N) is 2. The Morgan fingerprint density at radius 1 is 0.542 bits per heavy atom. The zero-order chi connectivity index (χ0) is 70.2. The topological polar surface area (TPSA) is 343 Å². The maximum Gasteiger partial charge on any atom is 1.00 e. The van der Waals surface area contributed by atoms with E-state index in [4.69, 9.17) is 81.5 Å². The third-order valence-corrected chi connectivity index (χ3v) is 18.2. The number of esters is 4. The monoisotopic (exact) mass is 1370 g/mol. The van der Waals surface area contributed by atoms with Crippen LogP contribution in [0.2, 0.25) is 0 Å². The van der Waals surface area contributed by atoms with Crippen LogP contribution in [-0.4, -0.2) is 178 Å². The van der Waals surface area contributed by atoms with Gasteiger partial charge in [0.15, 0.2) is 30.3 Å². The number of hydrogen-bond acceptors (Lipinski definition) is 25. The molecule has 0 radical (unpaired) electrons. The van der Waals surface area contributed by atoms with Gasteiger partial charge in [-0.05, 0) is 137 Å². The van der Waals surface area contributed by atoms with Crippen LogP contribution < -0.4 is 29.6 Å². The van der Waals surface area contributed by atoms with Gasteiger partial charge in [0, 0.05) is 0 Å². The van der Waals surface area contributed by atoms with Crippen molar-refractivity contribution in [3.8, 4) is 12.1 Å². The average molecular weight is 1370 g/mol. The van der Waals surface area contributed by atoms with Crippen LogP contribution in [0.1, 0.15) is 159 Å². The van der Waals surface area contributed by atoms with Crippen molar-refractivity contribution in [2.24, 2.45) is 0 Å². The van der Waals surface area contributed by atoms with Gasteiger partial charge in [-0.3, -0.25) is 4.57 Å². The fourth-order valence-electron chi connectivity index (χ4n) is 11.6. The fraction of sp³-hybridized carbons (Fsp3) is 0.565. The summed E-state index contributed by atoms with van der Waals surface area (Å²) in [5, 5.41) is 54.7. The van der Waals surface area contributed by atoms with Crippen molar-refractivity contribution in [2.45, 2.75) is 223 Å². The molecule has 0 bridgehead atoms. The summed E-state index contributed by atoms with van der Waals surface area (Å²) in [6, 6.07) is 36.8. The third kappa shape index (κ3) is 20.1. The van der Waals surface area contributed by atoms with E-state index in [1.54, 1.807) is 141 Å². The maximum atomic E-state index is 13.3. The summed E-state index contributed by atoms with van der Waals surface area (Å²) in [4.78, 5) is 52.5. The molecule has 0 saturated carbocycles. The number of aliphatic hydroxyl groups is 4. The second-order valence-corrected chi connectivity index (χ2v) is 26.6. The molecule has 6 saturated heterocycles. The molecule has 522 valence electrons. The second kappa shape index (κ2) is 35.4. The Labute approximate surface area is 585 Å². The summed E-state index contributed by atoms with van der Waals surface area (Å²) in [6.07, 6.45) is -5.71. The minimum absolute atomic E-state index is 0. The summed E-state index contributed by atoms with van der Waals surface area (Å²) in [7, 11) is -3.08. The van der Waals surface area contributed by atoms with Crippen LogP contribution in [0.15, 0.2) is 121 Å². The minimum Gasteiger partial charge on any atom is -1.00 e. The maximum absolute atomic E-state index is 13.3. The molecule has 27 heteroatoms. The minimum atomic E-state index is -3.08. The van der Waals surface area contributed by atoms with Crippen LogP contribution in [0.25, 0.3) is 0 Å². The Hall–Kier alpha value is -5.59. The fourth-order valence-corrected chi connectivity index (χ4v) is 12.8. The van der Waals surface area contributed by atoms with E-state index in [1.807, 2.05) is 55.4 Å². The molecule has 25 nitrogen and oxygen atoms in total. The van der Waals surface area contributed by atoms with E-state index in [2.05, 4.69) is 13.0 Å². The Morgan fingerprint density at radius 3 is 1.38 bits per heavy atom. The first-order valence-electron chi connectivity index (χ1n) is 31.6. The number of carbonyl (C=O) groups excluding carboxylic acids is 4. The summed E-state index contributed by atoms with van der Waals surface area (Å²) in [5.74, 6) is -4.13. The SMILES string of the molecule is CCOP(=O)(CC#N)OCC.CC[C@H]1OC(CC#N)[C@]2(C)OC(C)(C)O[C@H]12.CC[C@H]1OC(O)[C@](C)(O)[C@@H]1O.CC[C@H]1OC(O)[C@]2(C)OC(C)(C)O[C@H]12.C[C@]1(OC(=O)c2ccccc2)[C@@H](OC(=O)c2ccccc2)O[C@H](COC(=O)c2ccccc2)[C@H]1OC(=O)c1ccccc1.[H-].[Na+]. The number of carbonyl (C=O) groups is 4. The third-order valence-electron chi connectivity index (χ3n) is 16.3. The van der Waals surface area contributed by atoms with Crippen LogP contribution in [0.3, 0.4) is 0 Å². The normalized spacial score (nSPS) is 31.5. The Morgan fingerprint density at radius 2 is 0.958 bits per heavy atom. The van der Waals surface area contributed by atoms with Crippen LogP contribution in [0.5, 0.6) is 0 Å². The van der Waals surface area contributed by atoms with E-state index in [0.29, 0.717) is 31.6 Å². The van der Waals surface area contributed by atoms with Gasteiger partial charge in [-0.1, -0.05) is 93.6 Å². The van der Waals surface area contributed by atoms with Crippen molar-refractivity contribution >= 4 is 31.5 Å². The molecule has 6 heterocycles. The zero-order valence-corrected chi connectivity index (χ0v) is 59.9. The molecule has 4 N–H and O–H groups in total. The van der Waals surface area contributed by atoms with Crippen molar-refractivity contribution in [1.29, 1.82) is 10.5 Å². The summed E-state index contributed by atoms with van der Waals surface area (Å²) >= 11 is 0. The number of aliphatic hydroxyl groups excluding tert-OH is 3. The Balaban J connectivity index is 0.000000301. The number of benzene rings is 4. The van der Waals surface area contributed by atoms with Gasteiger partial charge in [-0.2, -0.15) is 10.5 Å². The van der Waals surface area contributed by atoms with Gasteiger partial charge in [-0.25, -0.2) is 19.2 Å². The van der Waals surface area contributed by atoms with Gasteiger partial charge in [0.05, 0.1) is 72.3 Å². The van der Waals surface area contributed by atoms with Crippen LogP contribution in [0, 0.1) is 22.7 Å². The van der Waals surface area contributed by atoms with Crippen molar-refractivity contribution in [3.63, 3.8) is 0 Å². The van der Waals surface area contributed by atoms with E-state index in [1.165, 1.54) is 13.8 Å². The van der Waals surface area contributed by atoms with Crippen LogP contribution in [0.4, 0.5) is 0 Å². The molecule has 10 rings (SSSR count). The molecule has 6 aliphatic rings. The molecule has 0 aliphatic carbocycles. The largest absolute Gasteiger partial charge is 1.00 e. The quantitative estimate of drug-likeness (QED) is 0.0362. The first-order valence-corrected chi connectivity index (χ1v) is 33.4. The first kappa shape index (κ1) is 81.1. The van der Waals surface area contributed by atoms with Crippen LogP contribution >= 0.6 is 7.60 Å². The predicted octanol–water partition coefficient (Wildman–Crippen LogP) is 6.40. The van der Waals surface area contributed by atoms with Crippen molar-refractivity contribution in [3.05, 3.63) is 144 Å². The number of ether oxygens (including phenoxy) is 12. The van der Waals surface area contributed by atoms with E-state index >= 15 is 0 Å². The molecular formula is C69H92N2NaO23P.